The topological polar surface area (TPSA) is 109 Å². The van der Waals surface area contributed by atoms with Gasteiger partial charge in [0.15, 0.2) is 5.78 Å². The second kappa shape index (κ2) is 7.56. The van der Waals surface area contributed by atoms with Crippen molar-refractivity contribution in [3.8, 4) is 11.1 Å². The maximum absolute atomic E-state index is 12.8. The third kappa shape index (κ3) is 4.03. The molecule has 7 heteroatoms. The van der Waals surface area contributed by atoms with Crippen molar-refractivity contribution in [2.24, 2.45) is 0 Å². The van der Waals surface area contributed by atoms with E-state index >= 15 is 0 Å². The van der Waals surface area contributed by atoms with E-state index in [0.717, 1.165) is 11.1 Å². The van der Waals surface area contributed by atoms with Gasteiger partial charge < -0.3 is 10.6 Å². The summed E-state index contributed by atoms with van der Waals surface area (Å²) in [7, 11) is 0. The van der Waals surface area contributed by atoms with Gasteiger partial charge in [-0.05, 0) is 49.2 Å². The molecule has 0 aromatic heterocycles. The Morgan fingerprint density at radius 3 is 1.43 bits per heavy atom. The number of ketones is 3. The molecule has 1 aliphatic rings. The first-order chi connectivity index (χ1) is 13.2. The highest BCUT2D eigenvalue weighted by Gasteiger charge is 2.27. The first-order valence-electron chi connectivity index (χ1n) is 8.66. The van der Waals surface area contributed by atoms with Crippen molar-refractivity contribution in [3.05, 3.63) is 47.5 Å². The van der Waals surface area contributed by atoms with Crippen molar-refractivity contribution >= 4 is 40.5 Å². The molecule has 28 heavy (non-hydrogen) atoms. The van der Waals surface area contributed by atoms with E-state index in [1.807, 2.05) is 0 Å². The molecular weight excluding hydrogens is 360 g/mol. The molecule has 0 unspecified atom stereocenters. The highest BCUT2D eigenvalue weighted by molar-refractivity contribution is 6.23. The van der Waals surface area contributed by atoms with Gasteiger partial charge in [0, 0.05) is 22.5 Å². The molecule has 0 fully saturated rings. The summed E-state index contributed by atoms with van der Waals surface area (Å²) in [6.07, 6.45) is -0.455. The number of hydrogen-bond donors (Lipinski definition) is 2. The van der Waals surface area contributed by atoms with Gasteiger partial charge in [0.2, 0.25) is 11.8 Å². The lowest BCUT2D eigenvalue weighted by molar-refractivity contribution is -0.125. The number of carbonyl (C=O) groups excluding carboxylic acids is 5. The molecule has 0 atom stereocenters. The van der Waals surface area contributed by atoms with Crippen LogP contribution in [-0.4, -0.2) is 29.2 Å². The van der Waals surface area contributed by atoms with Gasteiger partial charge in [0.25, 0.3) is 0 Å². The summed E-state index contributed by atoms with van der Waals surface area (Å²) >= 11 is 0. The third-order valence-electron chi connectivity index (χ3n) is 4.21. The maximum atomic E-state index is 12.8. The summed E-state index contributed by atoms with van der Waals surface area (Å²) < 4.78 is 0. The number of amides is 2. The van der Waals surface area contributed by atoms with Gasteiger partial charge >= 0.3 is 0 Å². The first kappa shape index (κ1) is 19.2. The first-order valence-corrected chi connectivity index (χ1v) is 8.66. The number of hydrogen-bond acceptors (Lipinski definition) is 5. The number of Topliss-reactive ketones (excluding diaryl/α,β-unsaturated/α-hetero) is 2. The predicted molar refractivity (Wildman–Crippen MR) is 103 cm³/mol. The van der Waals surface area contributed by atoms with Crippen LogP contribution in [0, 0.1) is 0 Å². The van der Waals surface area contributed by atoms with Gasteiger partial charge in [-0.1, -0.05) is 12.1 Å². The second-order valence-electron chi connectivity index (χ2n) is 6.70. The third-order valence-corrected chi connectivity index (χ3v) is 4.21. The molecule has 3 rings (SSSR count). The van der Waals surface area contributed by atoms with Gasteiger partial charge in [-0.2, -0.15) is 0 Å². The molecule has 1 aliphatic carbocycles. The highest BCUT2D eigenvalue weighted by atomic mass is 16.2. The Bertz CT molecular complexity index is 958. The molecule has 7 nitrogen and oxygen atoms in total. The van der Waals surface area contributed by atoms with Gasteiger partial charge in [-0.25, -0.2) is 0 Å². The summed E-state index contributed by atoms with van der Waals surface area (Å²) in [5.74, 6) is -1.60. The minimum Gasteiger partial charge on any atom is -0.326 e. The molecule has 2 aromatic carbocycles. The molecule has 0 radical (unpaired) electrons. The van der Waals surface area contributed by atoms with Gasteiger partial charge in [-0.15, -0.1) is 0 Å². The molecule has 0 spiro atoms. The molecule has 0 aliphatic heterocycles. The number of carbonyl (C=O) groups is 5. The Morgan fingerprint density at radius 1 is 0.679 bits per heavy atom. The predicted octanol–water partition coefficient (Wildman–Crippen LogP) is 2.73. The van der Waals surface area contributed by atoms with Gasteiger partial charge in [0.1, 0.15) is 11.6 Å². The molecular formula is C21H18N2O5. The van der Waals surface area contributed by atoms with Crippen LogP contribution in [0.25, 0.3) is 11.1 Å². The van der Waals surface area contributed by atoms with E-state index in [0.29, 0.717) is 22.5 Å². The van der Waals surface area contributed by atoms with E-state index in [1.165, 1.54) is 13.8 Å². The largest absolute Gasteiger partial charge is 0.326 e. The van der Waals surface area contributed by atoms with Crippen LogP contribution in [0.1, 0.15) is 42.6 Å². The van der Waals surface area contributed by atoms with E-state index in [4.69, 9.17) is 0 Å². The fourth-order valence-electron chi connectivity index (χ4n) is 3.10. The fourth-order valence-corrected chi connectivity index (χ4v) is 3.10. The lowest BCUT2D eigenvalue weighted by Crippen LogP contribution is -2.15. The van der Waals surface area contributed by atoms with Crippen molar-refractivity contribution in [3.63, 3.8) is 0 Å². The minimum atomic E-state index is -0.439. The number of benzene rings is 2. The number of fused-ring (bicyclic) bond motifs is 3. The van der Waals surface area contributed by atoms with Crippen molar-refractivity contribution < 1.29 is 24.0 Å². The van der Waals surface area contributed by atoms with Crippen LogP contribution < -0.4 is 10.6 Å². The number of anilines is 2. The van der Waals surface area contributed by atoms with Crippen LogP contribution >= 0.6 is 0 Å². The summed E-state index contributed by atoms with van der Waals surface area (Å²) in [4.78, 5) is 58.4. The van der Waals surface area contributed by atoms with E-state index in [-0.39, 0.29) is 30.2 Å². The van der Waals surface area contributed by atoms with E-state index in [2.05, 4.69) is 10.6 Å². The molecule has 0 saturated heterocycles. The molecule has 0 saturated carbocycles. The smallest absolute Gasteiger partial charge is 0.231 e. The molecule has 2 N–H and O–H groups in total. The Hall–Kier alpha value is -3.61. The second-order valence-corrected chi connectivity index (χ2v) is 6.70. The van der Waals surface area contributed by atoms with Crippen molar-refractivity contribution in [2.75, 3.05) is 10.6 Å². The lowest BCUT2D eigenvalue weighted by atomic mass is 10.0. The zero-order valence-electron chi connectivity index (χ0n) is 15.4. The lowest BCUT2D eigenvalue weighted by Gasteiger charge is -2.07. The molecule has 2 amide bonds. The summed E-state index contributed by atoms with van der Waals surface area (Å²) in [6.45, 7) is 2.66. The van der Waals surface area contributed by atoms with Crippen LogP contribution in [0.5, 0.6) is 0 Å². The Labute approximate surface area is 161 Å². The SMILES string of the molecule is CC(=O)CC(=O)Nc1ccc2c(c1)C(=O)c1cc(NC(=O)CC(C)=O)ccc1-2. The van der Waals surface area contributed by atoms with E-state index in [9.17, 15) is 24.0 Å². The van der Waals surface area contributed by atoms with Gasteiger partial charge in [-0.3, -0.25) is 24.0 Å². The van der Waals surface area contributed by atoms with E-state index in [1.54, 1.807) is 36.4 Å². The van der Waals surface area contributed by atoms with Crippen LogP contribution in [0.2, 0.25) is 0 Å². The molecule has 0 bridgehead atoms. The van der Waals surface area contributed by atoms with Crippen LogP contribution in [0.4, 0.5) is 11.4 Å². The minimum absolute atomic E-state index is 0.227. The highest BCUT2D eigenvalue weighted by Crippen LogP contribution is 2.39. The Balaban J connectivity index is 1.83. The zero-order chi connectivity index (χ0) is 20.4. The average molecular weight is 378 g/mol. The Kier molecular flexibility index (Phi) is 5.17. The normalized spacial score (nSPS) is 11.4. The molecule has 2 aromatic rings. The zero-order valence-corrected chi connectivity index (χ0v) is 15.4. The Morgan fingerprint density at radius 2 is 1.07 bits per heavy atom. The van der Waals surface area contributed by atoms with Crippen molar-refractivity contribution in [1.82, 2.24) is 0 Å². The van der Waals surface area contributed by atoms with Crippen LogP contribution in [0.15, 0.2) is 36.4 Å². The molecule has 0 heterocycles. The van der Waals surface area contributed by atoms with Crippen LogP contribution in [0.3, 0.4) is 0 Å². The monoisotopic (exact) mass is 378 g/mol. The number of nitrogens with one attached hydrogen (secondary N) is 2. The van der Waals surface area contributed by atoms with Gasteiger partial charge in [0.05, 0.1) is 12.8 Å². The summed E-state index contributed by atoms with van der Waals surface area (Å²) in [5, 5.41) is 5.21. The average Bonchev–Trinajstić information content (AvgIpc) is 2.85. The maximum Gasteiger partial charge on any atom is 0.231 e. The quantitative estimate of drug-likeness (QED) is 0.641. The summed E-state index contributed by atoms with van der Waals surface area (Å²) in [6, 6.07) is 9.95. The van der Waals surface area contributed by atoms with Crippen molar-refractivity contribution in [2.45, 2.75) is 26.7 Å². The number of rotatable bonds is 6. The summed E-state index contributed by atoms with van der Waals surface area (Å²) in [5.41, 5.74) is 3.19. The standard InChI is InChI=1S/C21H18N2O5/c1-11(24)7-19(26)22-13-3-5-15-16-6-4-14(23-20(27)8-12(2)25)10-18(16)21(28)17(15)9-13/h3-6,9-10H,7-8H2,1-2H3,(H,22,26)(H,23,27). The molecule has 142 valence electrons. The van der Waals surface area contributed by atoms with Crippen LogP contribution in [-0.2, 0) is 19.2 Å². The van der Waals surface area contributed by atoms with Crippen molar-refractivity contribution in [1.29, 1.82) is 0 Å². The van der Waals surface area contributed by atoms with E-state index < -0.39 is 11.8 Å². The fraction of sp³-hybridized carbons (Fsp3) is 0.190.